The number of anilines is 1. The first kappa shape index (κ1) is 13.0. The number of hydrogen-bond donors (Lipinski definition) is 1. The lowest BCUT2D eigenvalue weighted by atomic mass is 9.97. The molecule has 0 aliphatic heterocycles. The molecule has 0 amide bonds. The lowest BCUT2D eigenvalue weighted by Gasteiger charge is -2.28. The highest BCUT2D eigenvalue weighted by Gasteiger charge is 2.15. The molecule has 0 bridgehead atoms. The minimum atomic E-state index is 0.467. The predicted octanol–water partition coefficient (Wildman–Crippen LogP) is 3.29. The first-order valence-corrected chi connectivity index (χ1v) is 6.11. The van der Waals surface area contributed by atoms with E-state index in [0.717, 1.165) is 18.8 Å². The number of nitrogens with zero attached hydrogens (tertiary/aromatic N) is 1. The summed E-state index contributed by atoms with van der Waals surface area (Å²) in [5, 5.41) is 0. The Morgan fingerprint density at radius 1 is 1.12 bits per heavy atom. The summed E-state index contributed by atoms with van der Waals surface area (Å²) >= 11 is 0. The molecule has 1 aromatic carbocycles. The molecule has 16 heavy (non-hydrogen) atoms. The van der Waals surface area contributed by atoms with Crippen molar-refractivity contribution < 1.29 is 0 Å². The Labute approximate surface area is 99.5 Å². The molecule has 0 radical (unpaired) electrons. The van der Waals surface area contributed by atoms with E-state index in [1.54, 1.807) is 0 Å². The molecule has 90 valence electrons. The summed E-state index contributed by atoms with van der Waals surface area (Å²) < 4.78 is 0. The first-order chi connectivity index (χ1) is 7.51. The number of nitrogen functional groups attached to an aromatic ring is 1. The van der Waals surface area contributed by atoms with Crippen LogP contribution in [0.25, 0.3) is 0 Å². The van der Waals surface area contributed by atoms with Crippen molar-refractivity contribution in [2.24, 2.45) is 0 Å². The van der Waals surface area contributed by atoms with Crippen LogP contribution in [0.15, 0.2) is 12.1 Å². The Hall–Kier alpha value is -1.02. The molecule has 0 saturated carbocycles. The maximum atomic E-state index is 5.92. The van der Waals surface area contributed by atoms with E-state index in [2.05, 4.69) is 51.7 Å². The number of benzene rings is 1. The van der Waals surface area contributed by atoms with E-state index in [1.165, 1.54) is 16.7 Å². The molecule has 0 saturated heterocycles. The van der Waals surface area contributed by atoms with Crippen molar-refractivity contribution in [3.8, 4) is 0 Å². The minimum absolute atomic E-state index is 0.467. The molecule has 0 aliphatic carbocycles. The van der Waals surface area contributed by atoms with Crippen molar-refractivity contribution in [1.29, 1.82) is 0 Å². The smallest absolute Gasteiger partial charge is 0.0346 e. The fraction of sp³-hybridized carbons (Fsp3) is 0.571. The van der Waals surface area contributed by atoms with Crippen LogP contribution in [-0.4, -0.2) is 18.0 Å². The molecule has 0 heterocycles. The van der Waals surface area contributed by atoms with E-state index < -0.39 is 0 Å². The van der Waals surface area contributed by atoms with Gasteiger partial charge in [-0.15, -0.1) is 0 Å². The van der Waals surface area contributed by atoms with Gasteiger partial charge in [-0.05, 0) is 56.6 Å². The van der Waals surface area contributed by atoms with Crippen molar-refractivity contribution >= 4 is 5.69 Å². The molecule has 1 aromatic rings. The van der Waals surface area contributed by atoms with Crippen LogP contribution in [0.5, 0.6) is 0 Å². The van der Waals surface area contributed by atoms with E-state index >= 15 is 0 Å². The first-order valence-electron chi connectivity index (χ1n) is 6.11. The number of rotatable bonds is 4. The van der Waals surface area contributed by atoms with E-state index in [0.29, 0.717) is 6.04 Å². The fourth-order valence-corrected chi connectivity index (χ4v) is 2.28. The molecular formula is C14H24N2. The standard InChI is InChI=1S/C14H24N2/c1-6-16(7-2)12(5)13-8-11(4)14(15)9-10(13)3/h8-9,12H,6-7,15H2,1-5H3. The average Bonchev–Trinajstić information content (AvgIpc) is 2.25. The topological polar surface area (TPSA) is 29.3 Å². The second kappa shape index (κ2) is 5.35. The van der Waals surface area contributed by atoms with E-state index in [4.69, 9.17) is 5.73 Å². The van der Waals surface area contributed by atoms with Crippen LogP contribution in [0.4, 0.5) is 5.69 Å². The van der Waals surface area contributed by atoms with Crippen molar-refractivity contribution in [2.45, 2.75) is 40.7 Å². The summed E-state index contributed by atoms with van der Waals surface area (Å²) in [6.45, 7) is 13.1. The summed E-state index contributed by atoms with van der Waals surface area (Å²) in [6, 6.07) is 4.78. The van der Waals surface area contributed by atoms with Crippen LogP contribution in [0, 0.1) is 13.8 Å². The van der Waals surface area contributed by atoms with Crippen molar-refractivity contribution in [2.75, 3.05) is 18.8 Å². The summed E-state index contributed by atoms with van der Waals surface area (Å²) in [5.41, 5.74) is 10.7. The van der Waals surface area contributed by atoms with E-state index in [-0.39, 0.29) is 0 Å². The molecule has 1 unspecified atom stereocenters. The zero-order valence-electron chi connectivity index (χ0n) is 11.2. The normalized spacial score (nSPS) is 13.1. The van der Waals surface area contributed by atoms with Gasteiger partial charge in [0, 0.05) is 11.7 Å². The van der Waals surface area contributed by atoms with Gasteiger partial charge in [0.15, 0.2) is 0 Å². The van der Waals surface area contributed by atoms with Crippen molar-refractivity contribution in [1.82, 2.24) is 4.90 Å². The van der Waals surface area contributed by atoms with Crippen LogP contribution in [0.3, 0.4) is 0 Å². The predicted molar refractivity (Wildman–Crippen MR) is 71.7 cm³/mol. The van der Waals surface area contributed by atoms with E-state index in [1.807, 2.05) is 0 Å². The molecule has 2 N–H and O–H groups in total. The van der Waals surface area contributed by atoms with Crippen LogP contribution < -0.4 is 5.73 Å². The molecule has 1 atom stereocenters. The van der Waals surface area contributed by atoms with Gasteiger partial charge in [0.25, 0.3) is 0 Å². The number of hydrogen-bond acceptors (Lipinski definition) is 2. The maximum absolute atomic E-state index is 5.92. The molecule has 2 nitrogen and oxygen atoms in total. The Bertz CT molecular complexity index is 354. The molecule has 0 aromatic heterocycles. The molecular weight excluding hydrogens is 196 g/mol. The highest BCUT2D eigenvalue weighted by molar-refractivity contribution is 5.51. The van der Waals surface area contributed by atoms with Crippen LogP contribution in [0.2, 0.25) is 0 Å². The Balaban J connectivity index is 3.07. The summed E-state index contributed by atoms with van der Waals surface area (Å²) in [7, 11) is 0. The second-order valence-corrected chi connectivity index (χ2v) is 4.46. The van der Waals surface area contributed by atoms with Crippen LogP contribution in [0.1, 0.15) is 43.5 Å². The van der Waals surface area contributed by atoms with Gasteiger partial charge in [-0.25, -0.2) is 0 Å². The third kappa shape index (κ3) is 2.56. The van der Waals surface area contributed by atoms with E-state index in [9.17, 15) is 0 Å². The third-order valence-corrected chi connectivity index (χ3v) is 3.46. The number of nitrogens with two attached hydrogens (primary N) is 1. The largest absolute Gasteiger partial charge is 0.399 e. The van der Waals surface area contributed by atoms with Gasteiger partial charge in [0.2, 0.25) is 0 Å². The van der Waals surface area contributed by atoms with Gasteiger partial charge in [-0.2, -0.15) is 0 Å². The molecule has 0 spiro atoms. The van der Waals surface area contributed by atoms with Crippen LogP contribution in [-0.2, 0) is 0 Å². The molecule has 0 fully saturated rings. The highest BCUT2D eigenvalue weighted by atomic mass is 15.1. The van der Waals surface area contributed by atoms with Gasteiger partial charge in [0.1, 0.15) is 0 Å². The molecule has 2 heteroatoms. The second-order valence-electron chi connectivity index (χ2n) is 4.46. The lowest BCUT2D eigenvalue weighted by Crippen LogP contribution is -2.27. The van der Waals surface area contributed by atoms with Gasteiger partial charge < -0.3 is 5.73 Å². The summed E-state index contributed by atoms with van der Waals surface area (Å²) in [6.07, 6.45) is 0. The molecule has 0 aliphatic rings. The van der Waals surface area contributed by atoms with Gasteiger partial charge in [0.05, 0.1) is 0 Å². The van der Waals surface area contributed by atoms with Gasteiger partial charge in [-0.3, -0.25) is 4.90 Å². The highest BCUT2D eigenvalue weighted by Crippen LogP contribution is 2.26. The zero-order valence-corrected chi connectivity index (χ0v) is 11.2. The Morgan fingerprint density at radius 3 is 2.19 bits per heavy atom. The lowest BCUT2D eigenvalue weighted by molar-refractivity contribution is 0.233. The van der Waals surface area contributed by atoms with Crippen molar-refractivity contribution in [3.63, 3.8) is 0 Å². The zero-order chi connectivity index (χ0) is 12.3. The number of aryl methyl sites for hydroxylation is 2. The fourth-order valence-electron chi connectivity index (χ4n) is 2.28. The third-order valence-electron chi connectivity index (χ3n) is 3.46. The summed E-state index contributed by atoms with van der Waals surface area (Å²) in [5.74, 6) is 0. The minimum Gasteiger partial charge on any atom is -0.399 e. The molecule has 1 rings (SSSR count). The van der Waals surface area contributed by atoms with Gasteiger partial charge in [-0.1, -0.05) is 19.9 Å². The van der Waals surface area contributed by atoms with Crippen LogP contribution >= 0.6 is 0 Å². The van der Waals surface area contributed by atoms with Gasteiger partial charge >= 0.3 is 0 Å². The SMILES string of the molecule is CCN(CC)C(C)c1cc(C)c(N)cc1C. The van der Waals surface area contributed by atoms with Crippen molar-refractivity contribution in [3.05, 3.63) is 28.8 Å². The summed E-state index contributed by atoms with van der Waals surface area (Å²) in [4.78, 5) is 2.46. The Morgan fingerprint density at radius 2 is 1.69 bits per heavy atom. The average molecular weight is 220 g/mol. The quantitative estimate of drug-likeness (QED) is 0.789. The Kier molecular flexibility index (Phi) is 4.36. The maximum Gasteiger partial charge on any atom is 0.0346 e. The monoisotopic (exact) mass is 220 g/mol.